The Labute approximate surface area is 165 Å². The lowest BCUT2D eigenvalue weighted by atomic mass is 10.2. The highest BCUT2D eigenvalue weighted by Crippen LogP contribution is 2.39. The number of rotatable bonds is 7. The molecule has 3 aromatic rings. The molecule has 0 aliphatic heterocycles. The van der Waals surface area contributed by atoms with Crippen LogP contribution in [0.5, 0.6) is 17.2 Å². The normalized spacial score (nSPS) is 10.4. The lowest BCUT2D eigenvalue weighted by molar-refractivity contribution is -0.119. The van der Waals surface area contributed by atoms with Crippen molar-refractivity contribution in [2.45, 2.75) is 0 Å². The molecule has 9 heteroatoms. The van der Waals surface area contributed by atoms with Crippen LogP contribution in [0.15, 0.2) is 35.8 Å². The van der Waals surface area contributed by atoms with E-state index >= 15 is 0 Å². The van der Waals surface area contributed by atoms with Crippen LogP contribution in [0.1, 0.15) is 10.4 Å². The summed E-state index contributed by atoms with van der Waals surface area (Å²) in [6.07, 6.45) is 0. The van der Waals surface area contributed by atoms with E-state index in [2.05, 4.69) is 10.3 Å². The number of nitrogens with zero attached hydrogens (tertiary/aromatic N) is 1. The van der Waals surface area contributed by atoms with Crippen LogP contribution in [-0.4, -0.2) is 44.8 Å². The quantitative estimate of drug-likeness (QED) is 0.607. The predicted octanol–water partition coefficient (Wildman–Crippen LogP) is 3.12. The summed E-state index contributed by atoms with van der Waals surface area (Å²) in [6, 6.07) is 8.20. The molecule has 8 nitrogen and oxygen atoms in total. The number of carbonyl (C=O) groups excluding carboxylic acids is 2. The van der Waals surface area contributed by atoms with Crippen molar-refractivity contribution in [3.8, 4) is 17.2 Å². The summed E-state index contributed by atoms with van der Waals surface area (Å²) in [6.45, 7) is -0.434. The molecule has 0 aliphatic carbocycles. The van der Waals surface area contributed by atoms with Gasteiger partial charge in [0.05, 0.1) is 42.6 Å². The molecule has 0 aliphatic rings. The largest absolute Gasteiger partial charge is 0.493 e. The third-order valence-corrected chi connectivity index (χ3v) is 4.64. The van der Waals surface area contributed by atoms with Crippen molar-refractivity contribution in [2.24, 2.45) is 0 Å². The van der Waals surface area contributed by atoms with Gasteiger partial charge in [0.15, 0.2) is 18.1 Å². The number of fused-ring (bicyclic) bond motifs is 1. The zero-order valence-electron chi connectivity index (χ0n) is 15.5. The van der Waals surface area contributed by atoms with Crippen LogP contribution < -0.4 is 19.5 Å². The molecule has 0 fully saturated rings. The first-order valence-electron chi connectivity index (χ1n) is 8.16. The summed E-state index contributed by atoms with van der Waals surface area (Å²) in [5, 5.41) is 2.64. The average Bonchev–Trinajstić information content (AvgIpc) is 3.19. The van der Waals surface area contributed by atoms with E-state index < -0.39 is 18.5 Å². The first kappa shape index (κ1) is 19.4. The molecule has 1 aromatic heterocycles. The lowest BCUT2D eigenvalue weighted by Crippen LogP contribution is -2.21. The zero-order chi connectivity index (χ0) is 20.1. The molecule has 2 aromatic carbocycles. The van der Waals surface area contributed by atoms with Crippen molar-refractivity contribution in [2.75, 3.05) is 33.3 Å². The highest BCUT2D eigenvalue weighted by molar-refractivity contribution is 7.16. The van der Waals surface area contributed by atoms with Gasteiger partial charge in [0.1, 0.15) is 0 Å². The van der Waals surface area contributed by atoms with E-state index in [1.54, 1.807) is 35.8 Å². The number of esters is 1. The van der Waals surface area contributed by atoms with Crippen molar-refractivity contribution >= 4 is 39.1 Å². The molecule has 0 spiro atoms. The van der Waals surface area contributed by atoms with Crippen LogP contribution in [0.3, 0.4) is 0 Å². The van der Waals surface area contributed by atoms with Gasteiger partial charge in [-0.3, -0.25) is 4.79 Å². The van der Waals surface area contributed by atoms with Gasteiger partial charge in [0.2, 0.25) is 5.75 Å². The standard InChI is InChI=1S/C19H18N2O6S/c1-24-14-7-12(8-15(25-2)18(14)26-3)21-17(22)9-27-19(23)11-4-5-13-16(6-11)28-10-20-13/h4-8,10H,9H2,1-3H3,(H,21,22). The maximum atomic E-state index is 12.2. The van der Waals surface area contributed by atoms with Crippen LogP contribution in [0.2, 0.25) is 0 Å². The Morgan fingerprint density at radius 2 is 1.75 bits per heavy atom. The Morgan fingerprint density at radius 3 is 2.39 bits per heavy atom. The van der Waals surface area contributed by atoms with Crippen molar-refractivity contribution in [3.63, 3.8) is 0 Å². The van der Waals surface area contributed by atoms with Gasteiger partial charge in [0.25, 0.3) is 5.91 Å². The molecule has 28 heavy (non-hydrogen) atoms. The summed E-state index contributed by atoms with van der Waals surface area (Å²) in [7, 11) is 4.44. The zero-order valence-corrected chi connectivity index (χ0v) is 16.3. The van der Waals surface area contributed by atoms with Crippen LogP contribution in [0.4, 0.5) is 5.69 Å². The lowest BCUT2D eigenvalue weighted by Gasteiger charge is -2.14. The Balaban J connectivity index is 1.64. The topological polar surface area (TPSA) is 96.0 Å². The van der Waals surface area contributed by atoms with Gasteiger partial charge in [-0.1, -0.05) is 0 Å². The van der Waals surface area contributed by atoms with Crippen LogP contribution in [0, 0.1) is 0 Å². The number of nitrogens with one attached hydrogen (secondary N) is 1. The predicted molar refractivity (Wildman–Crippen MR) is 105 cm³/mol. The minimum absolute atomic E-state index is 0.359. The van der Waals surface area contributed by atoms with E-state index in [4.69, 9.17) is 18.9 Å². The van der Waals surface area contributed by atoms with Gasteiger partial charge < -0.3 is 24.3 Å². The second-order valence-electron chi connectivity index (χ2n) is 5.57. The molecule has 0 atom stereocenters. The Hall–Kier alpha value is -3.33. The third kappa shape index (κ3) is 4.15. The fourth-order valence-corrected chi connectivity index (χ4v) is 3.26. The van der Waals surface area contributed by atoms with Gasteiger partial charge >= 0.3 is 5.97 Å². The first-order valence-corrected chi connectivity index (χ1v) is 9.04. The van der Waals surface area contributed by atoms with Gasteiger partial charge in [0, 0.05) is 17.8 Å². The Kier molecular flexibility index (Phi) is 5.95. The molecule has 0 radical (unpaired) electrons. The van der Waals surface area contributed by atoms with E-state index in [-0.39, 0.29) is 0 Å². The molecule has 0 saturated carbocycles. The number of anilines is 1. The summed E-state index contributed by atoms with van der Waals surface area (Å²) >= 11 is 1.42. The van der Waals surface area contributed by atoms with Crippen LogP contribution in [-0.2, 0) is 9.53 Å². The summed E-state index contributed by atoms with van der Waals surface area (Å²) in [5.41, 5.74) is 3.28. The fourth-order valence-electron chi connectivity index (χ4n) is 2.55. The highest BCUT2D eigenvalue weighted by Gasteiger charge is 2.16. The second kappa shape index (κ2) is 8.57. The average molecular weight is 402 g/mol. The smallest absolute Gasteiger partial charge is 0.338 e. The van der Waals surface area contributed by atoms with Gasteiger partial charge in [-0.05, 0) is 18.2 Å². The monoisotopic (exact) mass is 402 g/mol. The number of ether oxygens (including phenoxy) is 4. The van der Waals surface area contributed by atoms with Crippen molar-refractivity contribution < 1.29 is 28.5 Å². The molecule has 0 bridgehead atoms. The van der Waals surface area contributed by atoms with E-state index in [1.165, 1.54) is 32.7 Å². The van der Waals surface area contributed by atoms with E-state index in [0.29, 0.717) is 28.5 Å². The highest BCUT2D eigenvalue weighted by atomic mass is 32.1. The van der Waals surface area contributed by atoms with E-state index in [1.807, 2.05) is 0 Å². The molecule has 1 heterocycles. The second-order valence-corrected chi connectivity index (χ2v) is 6.46. The number of thiazole rings is 1. The number of hydrogen-bond donors (Lipinski definition) is 1. The molecule has 1 amide bonds. The number of hydrogen-bond acceptors (Lipinski definition) is 8. The Morgan fingerprint density at radius 1 is 1.04 bits per heavy atom. The van der Waals surface area contributed by atoms with Gasteiger partial charge in [-0.25, -0.2) is 9.78 Å². The van der Waals surface area contributed by atoms with Crippen molar-refractivity contribution in [3.05, 3.63) is 41.4 Å². The molecule has 146 valence electrons. The third-order valence-electron chi connectivity index (χ3n) is 3.85. The number of carbonyl (C=O) groups is 2. The van der Waals surface area contributed by atoms with Crippen molar-refractivity contribution in [1.29, 1.82) is 0 Å². The summed E-state index contributed by atoms with van der Waals surface area (Å²) in [4.78, 5) is 28.5. The minimum atomic E-state index is -0.588. The summed E-state index contributed by atoms with van der Waals surface area (Å²) < 4.78 is 21.7. The number of aromatic nitrogens is 1. The minimum Gasteiger partial charge on any atom is -0.493 e. The van der Waals surface area contributed by atoms with Gasteiger partial charge in [-0.15, -0.1) is 11.3 Å². The number of amides is 1. The SMILES string of the molecule is COc1cc(NC(=O)COC(=O)c2ccc3ncsc3c2)cc(OC)c1OC. The molecular formula is C19H18N2O6S. The number of benzene rings is 2. The fraction of sp³-hybridized carbons (Fsp3) is 0.211. The molecule has 1 N–H and O–H groups in total. The molecule has 0 unspecified atom stereocenters. The summed E-state index contributed by atoms with van der Waals surface area (Å²) in [5.74, 6) is 0.115. The molecule has 0 saturated heterocycles. The molecular weight excluding hydrogens is 384 g/mol. The maximum absolute atomic E-state index is 12.2. The van der Waals surface area contributed by atoms with Gasteiger partial charge in [-0.2, -0.15) is 0 Å². The maximum Gasteiger partial charge on any atom is 0.338 e. The van der Waals surface area contributed by atoms with Crippen molar-refractivity contribution in [1.82, 2.24) is 4.98 Å². The van der Waals surface area contributed by atoms with Crippen LogP contribution >= 0.6 is 11.3 Å². The Bertz CT molecular complexity index is 992. The number of methoxy groups -OCH3 is 3. The molecule has 3 rings (SSSR count). The first-order chi connectivity index (χ1) is 13.5. The van der Waals surface area contributed by atoms with E-state index in [0.717, 1.165) is 10.2 Å². The van der Waals surface area contributed by atoms with E-state index in [9.17, 15) is 9.59 Å². The van der Waals surface area contributed by atoms with Crippen LogP contribution in [0.25, 0.3) is 10.2 Å².